The van der Waals surface area contributed by atoms with Crippen molar-refractivity contribution in [2.45, 2.75) is 92.8 Å². The van der Waals surface area contributed by atoms with Crippen molar-refractivity contribution >= 4 is 11.7 Å². The van der Waals surface area contributed by atoms with Gasteiger partial charge in [0.25, 0.3) is 0 Å². The van der Waals surface area contributed by atoms with Crippen LogP contribution in [0.4, 0.5) is 5.69 Å². The molecule has 1 aliphatic heterocycles. The molecule has 1 N–H and O–H groups in total. The van der Waals surface area contributed by atoms with E-state index < -0.39 is 17.7 Å². The Bertz CT molecular complexity index is 1050. The summed E-state index contributed by atoms with van der Waals surface area (Å²) in [7, 11) is 0. The maximum atomic E-state index is 12.5. The second-order valence-electron chi connectivity index (χ2n) is 12.4. The number of piperidine rings is 1. The van der Waals surface area contributed by atoms with Gasteiger partial charge in [-0.05, 0) is 76.8 Å². The van der Waals surface area contributed by atoms with Crippen molar-refractivity contribution < 1.29 is 19.4 Å². The largest absolute Gasteiger partial charge is 0.492 e. The quantitative estimate of drug-likeness (QED) is 0.350. The van der Waals surface area contributed by atoms with Gasteiger partial charge in [-0.15, -0.1) is 0 Å². The van der Waals surface area contributed by atoms with E-state index in [0.29, 0.717) is 23.8 Å². The third kappa shape index (κ3) is 7.91. The van der Waals surface area contributed by atoms with Crippen LogP contribution in [0.3, 0.4) is 0 Å². The Balaban J connectivity index is 2.04. The first-order chi connectivity index (χ1) is 17.3. The average Bonchev–Trinajstić information content (AvgIpc) is 2.80. The highest BCUT2D eigenvalue weighted by atomic mass is 16.5. The minimum absolute atomic E-state index is 0.250. The number of carbonyl (C=O) groups is 1. The molecule has 0 amide bonds. The van der Waals surface area contributed by atoms with Crippen LogP contribution in [0.2, 0.25) is 0 Å². The van der Waals surface area contributed by atoms with E-state index in [2.05, 4.69) is 37.6 Å². The molecule has 2 aromatic heterocycles. The van der Waals surface area contributed by atoms with Gasteiger partial charge in [0.1, 0.15) is 5.75 Å². The minimum Gasteiger partial charge on any atom is -0.492 e. The molecule has 0 bridgehead atoms. The van der Waals surface area contributed by atoms with Gasteiger partial charge in [-0.2, -0.15) is 0 Å². The molecular weight excluding hydrogens is 466 g/mol. The van der Waals surface area contributed by atoms with E-state index in [0.717, 1.165) is 61.5 Å². The van der Waals surface area contributed by atoms with Gasteiger partial charge >= 0.3 is 5.97 Å². The molecule has 0 spiro atoms. The minimum atomic E-state index is -1.14. The molecule has 7 nitrogen and oxygen atoms in total. The predicted molar refractivity (Wildman–Crippen MR) is 148 cm³/mol. The Labute approximate surface area is 222 Å². The first kappa shape index (κ1) is 28.9. The lowest BCUT2D eigenvalue weighted by molar-refractivity contribution is -0.160. The smallest absolute Gasteiger partial charge is 0.337 e. The van der Waals surface area contributed by atoms with Crippen LogP contribution in [0.1, 0.15) is 91.5 Å². The standard InChI is InChI=1S/C30H45N3O4/c1-20(2)10-9-17-36-22-11-12-24(32-18-22)23-19-31-21(3)25(27(28(34)35)37-29(4,5)6)26(23)33-15-13-30(7,8)14-16-33/h11-12,18-20,27H,9-10,13-17H2,1-8H3,(H,34,35). The van der Waals surface area contributed by atoms with E-state index in [-0.39, 0.29) is 5.41 Å². The highest BCUT2D eigenvalue weighted by molar-refractivity contribution is 5.85. The van der Waals surface area contributed by atoms with E-state index in [1.54, 1.807) is 6.20 Å². The van der Waals surface area contributed by atoms with Gasteiger partial charge in [0.2, 0.25) is 0 Å². The molecule has 0 aromatic carbocycles. The molecule has 0 radical (unpaired) electrons. The normalized spacial score (nSPS) is 16.6. The lowest BCUT2D eigenvalue weighted by atomic mass is 9.82. The Kier molecular flexibility index (Phi) is 9.22. The van der Waals surface area contributed by atoms with Gasteiger partial charge < -0.3 is 19.5 Å². The summed E-state index contributed by atoms with van der Waals surface area (Å²) in [5.74, 6) is 0.366. The molecular formula is C30H45N3O4. The van der Waals surface area contributed by atoms with Crippen molar-refractivity contribution in [2.24, 2.45) is 11.3 Å². The number of carboxylic acid groups (broad SMARTS) is 1. The van der Waals surface area contributed by atoms with Crippen LogP contribution in [0.25, 0.3) is 11.3 Å². The zero-order valence-corrected chi connectivity index (χ0v) is 23.9. The molecule has 7 heteroatoms. The van der Waals surface area contributed by atoms with Crippen molar-refractivity contribution in [2.75, 3.05) is 24.6 Å². The number of hydrogen-bond acceptors (Lipinski definition) is 6. The monoisotopic (exact) mass is 511 g/mol. The summed E-state index contributed by atoms with van der Waals surface area (Å²) in [6, 6.07) is 3.87. The number of rotatable bonds is 10. The molecule has 37 heavy (non-hydrogen) atoms. The Hall–Kier alpha value is -2.67. The molecule has 2 aromatic rings. The van der Waals surface area contributed by atoms with Gasteiger partial charge in [-0.3, -0.25) is 9.97 Å². The number of anilines is 1. The second kappa shape index (κ2) is 11.8. The van der Waals surface area contributed by atoms with Gasteiger partial charge in [0, 0.05) is 36.1 Å². The van der Waals surface area contributed by atoms with Gasteiger partial charge in [0.05, 0.1) is 29.8 Å². The van der Waals surface area contributed by atoms with E-state index >= 15 is 0 Å². The fraction of sp³-hybridized carbons (Fsp3) is 0.633. The third-order valence-electron chi connectivity index (χ3n) is 6.89. The zero-order valence-electron chi connectivity index (χ0n) is 23.9. The molecule has 1 atom stereocenters. The van der Waals surface area contributed by atoms with Crippen LogP contribution in [-0.4, -0.2) is 46.3 Å². The van der Waals surface area contributed by atoms with Crippen LogP contribution < -0.4 is 9.64 Å². The predicted octanol–water partition coefficient (Wildman–Crippen LogP) is 6.83. The number of carboxylic acids is 1. The number of pyridine rings is 2. The maximum Gasteiger partial charge on any atom is 0.337 e. The van der Waals surface area contributed by atoms with Crippen LogP contribution in [0.15, 0.2) is 24.5 Å². The molecule has 1 saturated heterocycles. The topological polar surface area (TPSA) is 84.8 Å². The molecule has 204 valence electrons. The number of hydrogen-bond donors (Lipinski definition) is 1. The zero-order chi connectivity index (χ0) is 27.4. The SMILES string of the molecule is Cc1ncc(-c2ccc(OCCCC(C)C)cn2)c(N2CCC(C)(C)CC2)c1C(OC(C)(C)C)C(=O)O. The fourth-order valence-electron chi connectivity index (χ4n) is 4.68. The summed E-state index contributed by atoms with van der Waals surface area (Å²) in [6.07, 6.45) is 6.58. The van der Waals surface area contributed by atoms with Crippen LogP contribution in [0.5, 0.6) is 5.75 Å². The van der Waals surface area contributed by atoms with E-state index in [9.17, 15) is 9.90 Å². The molecule has 1 unspecified atom stereocenters. The van der Waals surface area contributed by atoms with Crippen molar-refractivity contribution in [1.82, 2.24) is 9.97 Å². The Morgan fingerprint density at radius 1 is 1.14 bits per heavy atom. The highest BCUT2D eigenvalue weighted by Crippen LogP contribution is 2.43. The highest BCUT2D eigenvalue weighted by Gasteiger charge is 2.36. The molecule has 3 heterocycles. The molecule has 0 aliphatic carbocycles. The third-order valence-corrected chi connectivity index (χ3v) is 6.89. The lowest BCUT2D eigenvalue weighted by Gasteiger charge is -2.40. The molecule has 0 saturated carbocycles. The average molecular weight is 512 g/mol. The van der Waals surface area contributed by atoms with Gasteiger partial charge in [-0.25, -0.2) is 4.79 Å². The number of aryl methyl sites for hydroxylation is 1. The summed E-state index contributed by atoms with van der Waals surface area (Å²) >= 11 is 0. The van der Waals surface area contributed by atoms with Crippen molar-refractivity contribution in [3.8, 4) is 17.0 Å². The summed E-state index contributed by atoms with van der Waals surface area (Å²) < 4.78 is 12.0. The lowest BCUT2D eigenvalue weighted by Crippen LogP contribution is -2.39. The first-order valence-electron chi connectivity index (χ1n) is 13.5. The number of aliphatic carboxylic acids is 1. The molecule has 1 aliphatic rings. The second-order valence-corrected chi connectivity index (χ2v) is 12.4. The number of ether oxygens (including phenoxy) is 2. The summed E-state index contributed by atoms with van der Waals surface area (Å²) in [5.41, 5.74) is 3.29. The Morgan fingerprint density at radius 2 is 1.81 bits per heavy atom. The van der Waals surface area contributed by atoms with E-state index in [1.165, 1.54) is 0 Å². The van der Waals surface area contributed by atoms with Crippen molar-refractivity contribution in [3.63, 3.8) is 0 Å². The van der Waals surface area contributed by atoms with Gasteiger partial charge in [-0.1, -0.05) is 27.7 Å². The van der Waals surface area contributed by atoms with Crippen LogP contribution in [-0.2, 0) is 9.53 Å². The first-order valence-corrected chi connectivity index (χ1v) is 13.5. The summed E-state index contributed by atoms with van der Waals surface area (Å²) in [6.45, 7) is 18.8. The van der Waals surface area contributed by atoms with Crippen molar-refractivity contribution in [1.29, 1.82) is 0 Å². The maximum absolute atomic E-state index is 12.5. The number of aromatic nitrogens is 2. The summed E-state index contributed by atoms with van der Waals surface area (Å²) in [4.78, 5) is 24.2. The van der Waals surface area contributed by atoms with E-state index in [1.807, 2.05) is 46.0 Å². The molecule has 3 rings (SSSR count). The molecule has 1 fully saturated rings. The fourth-order valence-corrected chi connectivity index (χ4v) is 4.68. The summed E-state index contributed by atoms with van der Waals surface area (Å²) in [5, 5.41) is 10.3. The number of nitrogens with zero attached hydrogens (tertiary/aromatic N) is 3. The van der Waals surface area contributed by atoms with E-state index in [4.69, 9.17) is 14.5 Å². The van der Waals surface area contributed by atoms with Crippen LogP contribution >= 0.6 is 0 Å². The van der Waals surface area contributed by atoms with Crippen LogP contribution in [0, 0.1) is 18.3 Å². The van der Waals surface area contributed by atoms with Crippen molar-refractivity contribution in [3.05, 3.63) is 35.8 Å². The van der Waals surface area contributed by atoms with Gasteiger partial charge in [0.15, 0.2) is 6.10 Å². The Morgan fingerprint density at radius 3 is 2.35 bits per heavy atom.